The number of nitrogens with one attached hydrogen (secondary N) is 2. The number of aromatic nitrogens is 3. The second-order valence-corrected chi connectivity index (χ2v) is 5.82. The highest BCUT2D eigenvalue weighted by molar-refractivity contribution is 9.10. The van der Waals surface area contributed by atoms with Gasteiger partial charge in [-0.2, -0.15) is 4.98 Å². The number of hydrogen-bond acceptors (Lipinski definition) is 5. The van der Waals surface area contributed by atoms with Crippen LogP contribution in [0, 0.1) is 6.92 Å². The van der Waals surface area contributed by atoms with Crippen LogP contribution in [-0.2, 0) is 0 Å². The van der Waals surface area contributed by atoms with Crippen molar-refractivity contribution in [3.05, 3.63) is 58.7 Å². The summed E-state index contributed by atoms with van der Waals surface area (Å²) in [6.07, 6.45) is 1.75. The lowest BCUT2D eigenvalue weighted by molar-refractivity contribution is 1.14. The van der Waals surface area contributed by atoms with Crippen LogP contribution < -0.4 is 10.6 Å². The van der Waals surface area contributed by atoms with E-state index in [9.17, 15) is 0 Å². The summed E-state index contributed by atoms with van der Waals surface area (Å²) in [5, 5.41) is 6.34. The Labute approximate surface area is 143 Å². The largest absolute Gasteiger partial charge is 0.357 e. The van der Waals surface area contributed by atoms with Crippen molar-refractivity contribution in [1.29, 1.82) is 0 Å². The van der Waals surface area contributed by atoms with E-state index in [2.05, 4.69) is 41.5 Å². The maximum absolute atomic E-state index is 4.47. The standard InChI is InChI=1S/C17H16BrN5/c1-11-12(18)6-5-8-13(11)21-16-10-15(22-17(19-2)23-16)14-7-3-4-9-20-14/h3-10H,1-2H3,(H2,19,21,22,23). The molecule has 0 amide bonds. The maximum Gasteiger partial charge on any atom is 0.225 e. The number of hydrogen-bond donors (Lipinski definition) is 2. The van der Waals surface area contributed by atoms with Crippen molar-refractivity contribution >= 4 is 33.4 Å². The number of halogens is 1. The molecule has 0 saturated heterocycles. The van der Waals surface area contributed by atoms with Gasteiger partial charge in [-0.05, 0) is 36.8 Å². The van der Waals surface area contributed by atoms with Gasteiger partial charge >= 0.3 is 0 Å². The summed E-state index contributed by atoms with van der Waals surface area (Å²) in [5.74, 6) is 1.26. The van der Waals surface area contributed by atoms with Crippen molar-refractivity contribution in [2.45, 2.75) is 6.92 Å². The quantitative estimate of drug-likeness (QED) is 0.713. The first-order chi connectivity index (χ1) is 11.2. The topological polar surface area (TPSA) is 62.7 Å². The lowest BCUT2D eigenvalue weighted by atomic mass is 10.2. The van der Waals surface area contributed by atoms with Gasteiger partial charge in [-0.3, -0.25) is 4.98 Å². The molecular weight excluding hydrogens is 354 g/mol. The molecule has 2 aromatic heterocycles. The van der Waals surface area contributed by atoms with Crippen LogP contribution in [0.15, 0.2) is 53.1 Å². The lowest BCUT2D eigenvalue weighted by Crippen LogP contribution is -2.03. The fourth-order valence-corrected chi connectivity index (χ4v) is 2.52. The average molecular weight is 370 g/mol. The molecule has 116 valence electrons. The molecule has 0 aliphatic carbocycles. The molecule has 1 aromatic carbocycles. The fourth-order valence-electron chi connectivity index (χ4n) is 2.15. The van der Waals surface area contributed by atoms with Crippen LogP contribution in [0.25, 0.3) is 11.4 Å². The molecule has 0 bridgehead atoms. The highest BCUT2D eigenvalue weighted by atomic mass is 79.9. The Morgan fingerprint density at radius 1 is 1.00 bits per heavy atom. The molecule has 0 radical (unpaired) electrons. The number of anilines is 3. The van der Waals surface area contributed by atoms with Crippen molar-refractivity contribution < 1.29 is 0 Å². The van der Waals surface area contributed by atoms with Crippen LogP contribution in [-0.4, -0.2) is 22.0 Å². The minimum Gasteiger partial charge on any atom is -0.357 e. The first-order valence-electron chi connectivity index (χ1n) is 7.18. The zero-order chi connectivity index (χ0) is 16.2. The molecule has 23 heavy (non-hydrogen) atoms. The zero-order valence-corrected chi connectivity index (χ0v) is 14.4. The number of rotatable bonds is 4. The van der Waals surface area contributed by atoms with Gasteiger partial charge in [0.1, 0.15) is 5.82 Å². The van der Waals surface area contributed by atoms with Crippen LogP contribution in [0.3, 0.4) is 0 Å². The smallest absolute Gasteiger partial charge is 0.225 e. The second-order valence-electron chi connectivity index (χ2n) is 4.96. The van der Waals surface area contributed by atoms with Gasteiger partial charge in [0, 0.05) is 29.5 Å². The van der Waals surface area contributed by atoms with Gasteiger partial charge in [-0.1, -0.05) is 28.1 Å². The van der Waals surface area contributed by atoms with Crippen molar-refractivity contribution in [2.24, 2.45) is 0 Å². The number of pyridine rings is 1. The van der Waals surface area contributed by atoms with Crippen LogP contribution in [0.1, 0.15) is 5.56 Å². The number of nitrogens with zero attached hydrogens (tertiary/aromatic N) is 3. The monoisotopic (exact) mass is 369 g/mol. The Morgan fingerprint density at radius 2 is 1.87 bits per heavy atom. The first kappa shape index (κ1) is 15.4. The van der Waals surface area contributed by atoms with Crippen LogP contribution in [0.4, 0.5) is 17.5 Å². The van der Waals surface area contributed by atoms with Gasteiger partial charge in [-0.25, -0.2) is 4.98 Å². The fraction of sp³-hybridized carbons (Fsp3) is 0.118. The summed E-state index contributed by atoms with van der Waals surface area (Å²) >= 11 is 3.54. The SMILES string of the molecule is CNc1nc(Nc2cccc(Br)c2C)cc(-c2ccccn2)n1. The first-order valence-corrected chi connectivity index (χ1v) is 7.97. The molecule has 0 spiro atoms. The molecule has 5 nitrogen and oxygen atoms in total. The Hall–Kier alpha value is -2.47. The van der Waals surface area contributed by atoms with E-state index >= 15 is 0 Å². The molecule has 0 aliphatic rings. The summed E-state index contributed by atoms with van der Waals surface area (Å²) < 4.78 is 1.05. The van der Waals surface area contributed by atoms with Crippen LogP contribution >= 0.6 is 15.9 Å². The average Bonchev–Trinajstić information content (AvgIpc) is 2.59. The van der Waals surface area contributed by atoms with E-state index in [1.54, 1.807) is 13.2 Å². The van der Waals surface area contributed by atoms with E-state index in [1.807, 2.05) is 49.4 Å². The van der Waals surface area contributed by atoms with E-state index in [0.717, 1.165) is 27.1 Å². The molecule has 6 heteroatoms. The Bertz CT molecular complexity index is 820. The minimum absolute atomic E-state index is 0.545. The second kappa shape index (κ2) is 6.75. The maximum atomic E-state index is 4.47. The Kier molecular flexibility index (Phi) is 4.52. The van der Waals surface area contributed by atoms with E-state index in [-0.39, 0.29) is 0 Å². The van der Waals surface area contributed by atoms with Crippen LogP contribution in [0.5, 0.6) is 0 Å². The van der Waals surface area contributed by atoms with E-state index in [4.69, 9.17) is 0 Å². The third kappa shape index (κ3) is 3.48. The molecule has 0 atom stereocenters. The normalized spacial score (nSPS) is 10.4. The van der Waals surface area contributed by atoms with Gasteiger partial charge in [0.25, 0.3) is 0 Å². The van der Waals surface area contributed by atoms with Gasteiger partial charge in [0.2, 0.25) is 5.95 Å². The molecular formula is C17H16BrN5. The third-order valence-corrected chi connectivity index (χ3v) is 4.27. The summed E-state index contributed by atoms with van der Waals surface area (Å²) in [5.41, 5.74) is 3.68. The van der Waals surface area contributed by atoms with Crippen LogP contribution in [0.2, 0.25) is 0 Å². The summed E-state index contributed by atoms with van der Waals surface area (Å²) in [6.45, 7) is 2.05. The highest BCUT2D eigenvalue weighted by Gasteiger charge is 2.09. The Balaban J connectivity index is 2.01. The molecule has 2 heterocycles. The van der Waals surface area contributed by atoms with Crippen molar-refractivity contribution in [1.82, 2.24) is 15.0 Å². The lowest BCUT2D eigenvalue weighted by Gasteiger charge is -2.12. The van der Waals surface area contributed by atoms with Crippen molar-refractivity contribution in [2.75, 3.05) is 17.7 Å². The summed E-state index contributed by atoms with van der Waals surface area (Å²) in [4.78, 5) is 13.3. The third-order valence-electron chi connectivity index (χ3n) is 3.41. The summed E-state index contributed by atoms with van der Waals surface area (Å²) in [6, 6.07) is 13.7. The Morgan fingerprint density at radius 3 is 2.61 bits per heavy atom. The molecule has 2 N–H and O–H groups in total. The van der Waals surface area contributed by atoms with E-state index in [1.165, 1.54) is 0 Å². The van der Waals surface area contributed by atoms with Gasteiger partial charge < -0.3 is 10.6 Å². The van der Waals surface area contributed by atoms with Crippen molar-refractivity contribution in [3.63, 3.8) is 0 Å². The number of benzene rings is 1. The van der Waals surface area contributed by atoms with Crippen molar-refractivity contribution in [3.8, 4) is 11.4 Å². The molecule has 0 unspecified atom stereocenters. The van der Waals surface area contributed by atoms with Gasteiger partial charge in [0.05, 0.1) is 11.4 Å². The molecule has 3 aromatic rings. The molecule has 0 aliphatic heterocycles. The highest BCUT2D eigenvalue weighted by Crippen LogP contribution is 2.27. The van der Waals surface area contributed by atoms with E-state index < -0.39 is 0 Å². The van der Waals surface area contributed by atoms with E-state index in [0.29, 0.717) is 11.8 Å². The summed E-state index contributed by atoms with van der Waals surface area (Å²) in [7, 11) is 1.80. The molecule has 3 rings (SSSR count). The zero-order valence-electron chi connectivity index (χ0n) is 12.8. The molecule has 0 saturated carbocycles. The predicted octanol–water partition coefficient (Wildman–Crippen LogP) is 4.39. The van der Waals surface area contributed by atoms with Gasteiger partial charge in [-0.15, -0.1) is 0 Å². The van der Waals surface area contributed by atoms with Gasteiger partial charge in [0.15, 0.2) is 0 Å². The molecule has 0 fully saturated rings. The minimum atomic E-state index is 0.545. The predicted molar refractivity (Wildman–Crippen MR) is 97.0 cm³/mol.